The fourth-order valence-electron chi connectivity index (χ4n) is 5.85. The normalized spacial score (nSPS) is 23.7. The molecule has 2 atom stereocenters. The van der Waals surface area contributed by atoms with Crippen LogP contribution in [0.5, 0.6) is 0 Å². The van der Waals surface area contributed by atoms with Crippen LogP contribution in [0.4, 0.5) is 23.2 Å². The topological polar surface area (TPSA) is 105 Å². The largest absolute Gasteiger partial charge is 0.391 e. The third kappa shape index (κ3) is 6.16. The molecule has 0 aliphatic heterocycles. The number of benzene rings is 3. The molecule has 13 heteroatoms. The second-order valence-electron chi connectivity index (χ2n) is 10.6. The molecule has 0 aromatic heterocycles. The van der Waals surface area contributed by atoms with Gasteiger partial charge in [0.2, 0.25) is 0 Å². The van der Waals surface area contributed by atoms with E-state index in [1.807, 2.05) is 0 Å². The van der Waals surface area contributed by atoms with E-state index in [1.165, 1.54) is 30.5 Å². The summed E-state index contributed by atoms with van der Waals surface area (Å²) in [6, 6.07) is 10.4. The van der Waals surface area contributed by atoms with E-state index in [0.717, 1.165) is 6.07 Å². The van der Waals surface area contributed by atoms with Crippen molar-refractivity contribution in [2.45, 2.75) is 48.0 Å². The predicted octanol–water partition coefficient (Wildman–Crippen LogP) is 6.04. The number of nitrogens with one attached hydrogen (secondary N) is 1. The fourth-order valence-corrected chi connectivity index (χ4v) is 8.69. The maximum atomic E-state index is 13.9. The molecule has 42 heavy (non-hydrogen) atoms. The molecule has 1 amide bonds. The van der Waals surface area contributed by atoms with Crippen molar-refractivity contribution >= 4 is 39.2 Å². The Labute approximate surface area is 244 Å². The van der Waals surface area contributed by atoms with Gasteiger partial charge in [-0.2, -0.15) is 0 Å². The van der Waals surface area contributed by atoms with E-state index in [2.05, 4.69) is 10.5 Å². The number of carbonyl (C=O) groups excluding carboxylic acids is 1. The Bertz CT molecular complexity index is 1620. The van der Waals surface area contributed by atoms with Gasteiger partial charge in [0.05, 0.1) is 21.4 Å². The average molecular weight is 625 g/mol. The van der Waals surface area contributed by atoms with Gasteiger partial charge in [-0.3, -0.25) is 4.79 Å². The number of oxime groups is 1. The number of carbonyl (C=O) groups is 1. The second-order valence-corrected chi connectivity index (χ2v) is 13.1. The first-order valence-electron chi connectivity index (χ1n) is 13.0. The first kappa shape index (κ1) is 30.0. The average Bonchev–Trinajstić information content (AvgIpc) is 3.24. The van der Waals surface area contributed by atoms with Crippen LogP contribution in [0.15, 0.2) is 64.6 Å². The van der Waals surface area contributed by atoms with Crippen LogP contribution in [0, 0.1) is 35.1 Å². The maximum Gasteiger partial charge on any atom is 0.255 e. The van der Waals surface area contributed by atoms with Crippen molar-refractivity contribution in [3.8, 4) is 0 Å². The highest BCUT2D eigenvalue weighted by atomic mass is 35.5. The SMILES string of the molecule is O=C(Nc1cc(F)c(F)c(F)c1)c1ccc(Cl)c(S(=O)(=O)C2C3CCC2CC(O)(/C=N/OCc2ccc(F)cc2)C3)c1. The quantitative estimate of drug-likeness (QED) is 0.138. The number of halogens is 5. The van der Waals surface area contributed by atoms with Gasteiger partial charge >= 0.3 is 0 Å². The summed E-state index contributed by atoms with van der Waals surface area (Å²) in [5.74, 6) is -6.81. The minimum atomic E-state index is -4.09. The molecule has 0 radical (unpaired) electrons. The van der Waals surface area contributed by atoms with E-state index in [1.54, 1.807) is 12.1 Å². The molecule has 0 heterocycles. The van der Waals surface area contributed by atoms with Crippen LogP contribution in [0.3, 0.4) is 0 Å². The van der Waals surface area contributed by atoms with Gasteiger partial charge in [-0.1, -0.05) is 28.9 Å². The van der Waals surface area contributed by atoms with Gasteiger partial charge in [-0.05, 0) is 73.4 Å². The van der Waals surface area contributed by atoms with Crippen molar-refractivity contribution < 1.29 is 40.7 Å². The summed E-state index contributed by atoms with van der Waals surface area (Å²) in [4.78, 5) is 17.7. The number of hydrogen-bond donors (Lipinski definition) is 2. The lowest BCUT2D eigenvalue weighted by atomic mass is 9.78. The first-order valence-corrected chi connectivity index (χ1v) is 14.9. The van der Waals surface area contributed by atoms with Crippen LogP contribution in [0.25, 0.3) is 0 Å². The third-order valence-electron chi connectivity index (χ3n) is 7.68. The van der Waals surface area contributed by atoms with Gasteiger partial charge < -0.3 is 15.3 Å². The maximum absolute atomic E-state index is 13.9. The molecule has 2 saturated carbocycles. The van der Waals surface area contributed by atoms with Crippen LogP contribution >= 0.6 is 11.6 Å². The minimum Gasteiger partial charge on any atom is -0.391 e. The molecule has 3 aromatic rings. The van der Waals surface area contributed by atoms with E-state index in [-0.39, 0.29) is 46.4 Å². The molecule has 2 aliphatic carbocycles. The van der Waals surface area contributed by atoms with Crippen molar-refractivity contribution in [2.24, 2.45) is 17.0 Å². The summed E-state index contributed by atoms with van der Waals surface area (Å²) < 4.78 is 81.2. The van der Waals surface area contributed by atoms with Gasteiger partial charge in [0.15, 0.2) is 27.3 Å². The first-order chi connectivity index (χ1) is 19.9. The number of hydrogen-bond acceptors (Lipinski definition) is 6. The molecular formula is C29H25ClF4N2O5S. The molecular weight excluding hydrogens is 600 g/mol. The molecule has 5 rings (SSSR count). The van der Waals surface area contributed by atoms with E-state index < -0.39 is 55.9 Å². The standard InChI is InChI=1S/C29H25ClF4N2O5S/c30-22-8-5-17(28(37)36-21-10-23(32)26(34)24(33)11-21)9-25(22)42(39,40)27-18-3-4-19(27)13-29(38,12-18)15-35-41-14-16-1-6-20(31)7-2-16/h1-2,5-11,15,18-19,27,38H,3-4,12-14H2,(H,36,37)/b35-15+. The van der Waals surface area contributed by atoms with Crippen LogP contribution in [0.2, 0.25) is 5.02 Å². The lowest BCUT2D eigenvalue weighted by molar-refractivity contribution is 0.0411. The second kappa shape index (κ2) is 11.7. The summed E-state index contributed by atoms with van der Waals surface area (Å²) in [5, 5.41) is 16.3. The summed E-state index contributed by atoms with van der Waals surface area (Å²) in [6.07, 6.45) is 2.57. The van der Waals surface area contributed by atoms with E-state index in [4.69, 9.17) is 16.4 Å². The Hall–Kier alpha value is -3.48. The van der Waals surface area contributed by atoms with Crippen LogP contribution in [-0.4, -0.2) is 36.5 Å². The number of aliphatic hydroxyl groups is 1. The molecule has 2 fully saturated rings. The number of rotatable bonds is 8. The lowest BCUT2D eigenvalue weighted by Gasteiger charge is -2.38. The number of sulfone groups is 1. The van der Waals surface area contributed by atoms with Crippen LogP contribution in [-0.2, 0) is 21.3 Å². The fraction of sp³-hybridized carbons (Fsp3) is 0.310. The molecule has 2 N–H and O–H groups in total. The van der Waals surface area contributed by atoms with Crippen molar-refractivity contribution in [3.63, 3.8) is 0 Å². The Morgan fingerprint density at radius 3 is 2.26 bits per heavy atom. The van der Waals surface area contributed by atoms with Crippen molar-refractivity contribution in [1.29, 1.82) is 0 Å². The Kier molecular flexibility index (Phi) is 8.32. The Morgan fingerprint density at radius 2 is 1.64 bits per heavy atom. The number of anilines is 1. The number of amides is 1. The molecule has 0 saturated heterocycles. The molecule has 2 unspecified atom stereocenters. The molecule has 7 nitrogen and oxygen atoms in total. The Balaban J connectivity index is 1.30. The minimum absolute atomic E-state index is 0.0597. The van der Waals surface area contributed by atoms with Gasteiger partial charge in [-0.25, -0.2) is 26.0 Å². The number of nitrogens with zero attached hydrogens (tertiary/aromatic N) is 1. The van der Waals surface area contributed by atoms with Crippen molar-refractivity contribution in [2.75, 3.05) is 5.32 Å². The highest BCUT2D eigenvalue weighted by Crippen LogP contribution is 2.51. The highest BCUT2D eigenvalue weighted by Gasteiger charge is 2.54. The smallest absolute Gasteiger partial charge is 0.255 e. The van der Waals surface area contributed by atoms with Crippen molar-refractivity contribution in [1.82, 2.24) is 0 Å². The van der Waals surface area contributed by atoms with Gasteiger partial charge in [0, 0.05) is 23.4 Å². The summed E-state index contributed by atoms with van der Waals surface area (Å²) in [5.41, 5.74) is -1.22. The van der Waals surface area contributed by atoms with E-state index >= 15 is 0 Å². The summed E-state index contributed by atoms with van der Waals surface area (Å²) in [6.45, 7) is 0.0597. The van der Waals surface area contributed by atoms with Crippen LogP contribution in [0.1, 0.15) is 41.6 Å². The zero-order valence-corrected chi connectivity index (χ0v) is 23.4. The molecule has 2 aliphatic rings. The molecule has 2 bridgehead atoms. The Morgan fingerprint density at radius 1 is 1.02 bits per heavy atom. The monoisotopic (exact) mass is 624 g/mol. The molecule has 222 valence electrons. The van der Waals surface area contributed by atoms with Crippen LogP contribution < -0.4 is 5.32 Å². The zero-order valence-electron chi connectivity index (χ0n) is 21.9. The number of fused-ring (bicyclic) bond motifs is 2. The van der Waals surface area contributed by atoms with E-state index in [9.17, 15) is 35.9 Å². The third-order valence-corrected chi connectivity index (χ3v) is 10.6. The summed E-state index contributed by atoms with van der Waals surface area (Å²) in [7, 11) is -4.09. The highest BCUT2D eigenvalue weighted by molar-refractivity contribution is 7.92. The van der Waals surface area contributed by atoms with Crippen molar-refractivity contribution in [3.05, 3.63) is 94.0 Å². The summed E-state index contributed by atoms with van der Waals surface area (Å²) >= 11 is 6.28. The van der Waals surface area contributed by atoms with E-state index in [0.29, 0.717) is 30.5 Å². The lowest BCUT2D eigenvalue weighted by Crippen LogP contribution is -2.47. The van der Waals surface area contributed by atoms with Gasteiger partial charge in [-0.15, -0.1) is 0 Å². The zero-order chi connectivity index (χ0) is 30.2. The van der Waals surface area contributed by atoms with Gasteiger partial charge in [0.25, 0.3) is 5.91 Å². The predicted molar refractivity (Wildman–Crippen MR) is 147 cm³/mol. The van der Waals surface area contributed by atoms with Gasteiger partial charge in [0.1, 0.15) is 18.0 Å². The molecule has 3 aromatic carbocycles. The molecule has 0 spiro atoms.